The lowest BCUT2D eigenvalue weighted by atomic mass is 9.94. The number of rotatable bonds is 1. The molecular formula is C10H14O. The highest BCUT2D eigenvalue weighted by molar-refractivity contribution is 5.82. The average Bonchev–Trinajstić information content (AvgIpc) is 2.34. The van der Waals surface area contributed by atoms with Crippen molar-refractivity contribution in [3.05, 3.63) is 12.2 Å². The number of hydrogen-bond donors (Lipinski definition) is 0. The molecular weight excluding hydrogens is 136 g/mol. The number of allylic oxidation sites excluding steroid dienone is 2. The first-order valence-corrected chi connectivity index (χ1v) is 4.24. The first-order valence-electron chi connectivity index (χ1n) is 4.24. The van der Waals surface area contributed by atoms with Gasteiger partial charge in [0.2, 0.25) is 0 Å². The molecule has 0 heterocycles. The highest BCUT2D eigenvalue weighted by atomic mass is 16.1. The summed E-state index contributed by atoms with van der Waals surface area (Å²) in [6.45, 7) is 6.20. The predicted octanol–water partition coefficient (Wildman–Crippen LogP) is 2.03. The van der Waals surface area contributed by atoms with Crippen molar-refractivity contribution in [1.82, 2.24) is 0 Å². The van der Waals surface area contributed by atoms with E-state index in [9.17, 15) is 4.79 Å². The Morgan fingerprint density at radius 2 is 2.00 bits per heavy atom. The lowest BCUT2D eigenvalue weighted by molar-refractivity contribution is -0.120. The lowest BCUT2D eigenvalue weighted by Crippen LogP contribution is -2.12. The van der Waals surface area contributed by atoms with Crippen molar-refractivity contribution in [2.75, 3.05) is 0 Å². The molecule has 0 saturated heterocycles. The van der Waals surface area contributed by atoms with E-state index in [0.717, 1.165) is 0 Å². The molecule has 0 bridgehead atoms. The van der Waals surface area contributed by atoms with E-state index < -0.39 is 0 Å². The Morgan fingerprint density at radius 1 is 1.36 bits per heavy atom. The molecule has 0 N–H and O–H groups in total. The summed E-state index contributed by atoms with van der Waals surface area (Å²) in [6, 6.07) is 0. The van der Waals surface area contributed by atoms with Gasteiger partial charge in [-0.1, -0.05) is 26.0 Å². The number of hydrogen-bond acceptors (Lipinski definition) is 1. The van der Waals surface area contributed by atoms with Crippen LogP contribution in [0.2, 0.25) is 0 Å². The summed E-state index contributed by atoms with van der Waals surface area (Å²) in [5.41, 5.74) is 0.408. The van der Waals surface area contributed by atoms with Gasteiger partial charge in [-0.3, -0.25) is 4.79 Å². The van der Waals surface area contributed by atoms with Gasteiger partial charge in [-0.15, -0.1) is 0 Å². The topological polar surface area (TPSA) is 17.1 Å². The van der Waals surface area contributed by atoms with Crippen LogP contribution in [0, 0.1) is 23.2 Å². The molecule has 0 unspecified atom stereocenters. The van der Waals surface area contributed by atoms with Crippen LogP contribution in [0.15, 0.2) is 12.2 Å². The van der Waals surface area contributed by atoms with E-state index in [4.69, 9.17) is 0 Å². The van der Waals surface area contributed by atoms with Crippen molar-refractivity contribution >= 4 is 5.78 Å². The van der Waals surface area contributed by atoms with Crippen LogP contribution in [-0.4, -0.2) is 5.78 Å². The largest absolute Gasteiger partial charge is 0.299 e. The van der Waals surface area contributed by atoms with Gasteiger partial charge in [-0.2, -0.15) is 0 Å². The Morgan fingerprint density at radius 3 is 2.27 bits per heavy atom. The molecule has 2 aliphatic carbocycles. The van der Waals surface area contributed by atoms with Crippen LogP contribution in [0.3, 0.4) is 0 Å². The zero-order valence-corrected chi connectivity index (χ0v) is 7.29. The summed E-state index contributed by atoms with van der Waals surface area (Å²) < 4.78 is 0. The molecule has 1 saturated carbocycles. The Bertz CT molecular complexity index is 237. The molecule has 1 nitrogen and oxygen atoms in total. The summed E-state index contributed by atoms with van der Waals surface area (Å²) in [5.74, 6) is 1.88. The zero-order valence-electron chi connectivity index (χ0n) is 7.29. The van der Waals surface area contributed by atoms with Crippen molar-refractivity contribution < 1.29 is 4.79 Å². The van der Waals surface area contributed by atoms with Crippen LogP contribution in [0.4, 0.5) is 0 Å². The fraction of sp³-hybridized carbons (Fsp3) is 0.700. The molecule has 3 atom stereocenters. The minimum absolute atomic E-state index is 0.231. The smallest absolute Gasteiger partial charge is 0.136 e. The second kappa shape index (κ2) is 1.77. The Balaban J connectivity index is 2.21. The third-order valence-corrected chi connectivity index (χ3v) is 3.38. The third kappa shape index (κ3) is 0.741. The highest BCUT2D eigenvalue weighted by Gasteiger charge is 2.62. The minimum atomic E-state index is 0.231. The van der Waals surface area contributed by atoms with Crippen LogP contribution in [0.1, 0.15) is 20.8 Å². The Labute approximate surface area is 67.5 Å². The van der Waals surface area contributed by atoms with Crippen LogP contribution in [0.5, 0.6) is 0 Å². The van der Waals surface area contributed by atoms with Crippen LogP contribution < -0.4 is 0 Å². The third-order valence-electron chi connectivity index (χ3n) is 3.38. The van der Waals surface area contributed by atoms with E-state index in [0.29, 0.717) is 23.0 Å². The van der Waals surface area contributed by atoms with Crippen LogP contribution >= 0.6 is 0 Å². The van der Waals surface area contributed by atoms with Gasteiger partial charge in [-0.25, -0.2) is 0 Å². The van der Waals surface area contributed by atoms with E-state index in [-0.39, 0.29) is 5.92 Å². The minimum Gasteiger partial charge on any atom is -0.299 e. The van der Waals surface area contributed by atoms with Crippen LogP contribution in [0.25, 0.3) is 0 Å². The molecule has 1 heteroatoms. The van der Waals surface area contributed by atoms with E-state index in [1.165, 1.54) is 0 Å². The standard InChI is InChI=1S/C10H14O/c1-6(11)7-4-5-8-9(7)10(8,2)3/h4-5,7-9H,1-3H3/t7-,8+,9-/m0/s1. The summed E-state index contributed by atoms with van der Waals surface area (Å²) in [5, 5.41) is 0. The molecule has 1 fully saturated rings. The molecule has 60 valence electrons. The maximum atomic E-state index is 11.1. The number of carbonyl (C=O) groups excluding carboxylic acids is 1. The second-order valence-electron chi connectivity index (χ2n) is 4.39. The first kappa shape index (κ1) is 7.08. The molecule has 2 aliphatic rings. The van der Waals surface area contributed by atoms with Gasteiger partial charge in [0, 0.05) is 5.92 Å². The van der Waals surface area contributed by atoms with Gasteiger partial charge in [0.1, 0.15) is 5.78 Å². The number of ketones is 1. The van der Waals surface area contributed by atoms with Crippen LogP contribution in [-0.2, 0) is 4.79 Å². The normalized spacial score (nSPS) is 43.7. The van der Waals surface area contributed by atoms with Gasteiger partial charge in [0.05, 0.1) is 0 Å². The average molecular weight is 150 g/mol. The Kier molecular flexibility index (Phi) is 1.14. The SMILES string of the molecule is CC(=O)[C@@H]1C=C[C@@H]2[C@H]1C2(C)C. The number of carbonyl (C=O) groups is 1. The molecule has 0 spiro atoms. The predicted molar refractivity (Wildman–Crippen MR) is 44.1 cm³/mol. The van der Waals surface area contributed by atoms with Gasteiger partial charge >= 0.3 is 0 Å². The van der Waals surface area contributed by atoms with E-state index >= 15 is 0 Å². The van der Waals surface area contributed by atoms with Crippen molar-refractivity contribution in [2.45, 2.75) is 20.8 Å². The molecule has 0 aromatic heterocycles. The first-order chi connectivity index (χ1) is 5.05. The Hall–Kier alpha value is -0.590. The molecule has 11 heavy (non-hydrogen) atoms. The van der Waals surface area contributed by atoms with Gasteiger partial charge in [0.15, 0.2) is 0 Å². The van der Waals surface area contributed by atoms with Crippen molar-refractivity contribution in [3.63, 3.8) is 0 Å². The molecule has 0 aromatic rings. The molecule has 0 radical (unpaired) electrons. The van der Waals surface area contributed by atoms with Gasteiger partial charge < -0.3 is 0 Å². The zero-order chi connectivity index (χ0) is 8.22. The van der Waals surface area contributed by atoms with Gasteiger partial charge in [-0.05, 0) is 24.2 Å². The summed E-state index contributed by atoms with van der Waals surface area (Å²) in [6.07, 6.45) is 4.31. The molecule has 0 amide bonds. The molecule has 0 aliphatic heterocycles. The maximum absolute atomic E-state index is 11.1. The lowest BCUT2D eigenvalue weighted by Gasteiger charge is -2.09. The van der Waals surface area contributed by atoms with E-state index in [1.54, 1.807) is 6.92 Å². The summed E-state index contributed by atoms with van der Waals surface area (Å²) in [4.78, 5) is 11.1. The highest BCUT2D eigenvalue weighted by Crippen LogP contribution is 2.66. The number of fused-ring (bicyclic) bond motifs is 1. The fourth-order valence-electron chi connectivity index (χ4n) is 2.52. The quantitative estimate of drug-likeness (QED) is 0.523. The number of Topliss-reactive ketones (excluding diaryl/α,β-unsaturated/α-hetero) is 1. The van der Waals surface area contributed by atoms with E-state index in [2.05, 4.69) is 26.0 Å². The summed E-state index contributed by atoms with van der Waals surface area (Å²) >= 11 is 0. The van der Waals surface area contributed by atoms with Gasteiger partial charge in [0.25, 0.3) is 0 Å². The maximum Gasteiger partial charge on any atom is 0.136 e. The van der Waals surface area contributed by atoms with Crippen molar-refractivity contribution in [3.8, 4) is 0 Å². The monoisotopic (exact) mass is 150 g/mol. The molecule has 2 rings (SSSR count). The van der Waals surface area contributed by atoms with Crippen molar-refractivity contribution in [2.24, 2.45) is 23.2 Å². The van der Waals surface area contributed by atoms with E-state index in [1.807, 2.05) is 0 Å². The summed E-state index contributed by atoms with van der Waals surface area (Å²) in [7, 11) is 0. The van der Waals surface area contributed by atoms with Crippen molar-refractivity contribution in [1.29, 1.82) is 0 Å². The molecule has 0 aromatic carbocycles. The fourth-order valence-corrected chi connectivity index (χ4v) is 2.52. The second-order valence-corrected chi connectivity index (χ2v) is 4.39.